The van der Waals surface area contributed by atoms with Gasteiger partial charge in [-0.3, -0.25) is 4.48 Å². The van der Waals surface area contributed by atoms with E-state index in [-0.39, 0.29) is 0 Å². The second kappa shape index (κ2) is 5.23. The van der Waals surface area contributed by atoms with Crippen LogP contribution in [-0.4, -0.2) is 30.0 Å². The Kier molecular flexibility index (Phi) is 3.46. The van der Waals surface area contributed by atoms with Crippen molar-refractivity contribution < 1.29 is 4.48 Å². The van der Waals surface area contributed by atoms with Gasteiger partial charge in [-0.15, -0.1) is 0 Å². The Balaban J connectivity index is 1.89. The minimum Gasteiger partial charge on any atom is -0.275 e. The molecule has 1 saturated heterocycles. The molecule has 3 rings (SSSR count). The van der Waals surface area contributed by atoms with Crippen LogP contribution in [0.4, 0.5) is 0 Å². The third-order valence-corrected chi connectivity index (χ3v) is 4.40. The van der Waals surface area contributed by atoms with E-state index in [4.69, 9.17) is 4.99 Å². The average molecular weight is 243 g/mol. The lowest BCUT2D eigenvalue weighted by Crippen LogP contribution is -2.54. The highest BCUT2D eigenvalue weighted by atomic mass is 15.4. The molecule has 2 aliphatic heterocycles. The van der Waals surface area contributed by atoms with Crippen molar-refractivity contribution in [1.82, 2.24) is 0 Å². The fourth-order valence-electron chi connectivity index (χ4n) is 3.47. The quantitative estimate of drug-likeness (QED) is 0.706. The van der Waals surface area contributed by atoms with Gasteiger partial charge in [-0.1, -0.05) is 30.3 Å². The summed E-state index contributed by atoms with van der Waals surface area (Å²) in [5, 5.41) is 0. The van der Waals surface area contributed by atoms with Crippen molar-refractivity contribution in [2.45, 2.75) is 38.6 Å². The predicted molar refractivity (Wildman–Crippen MR) is 75.5 cm³/mol. The molecule has 0 N–H and O–H groups in total. The molecule has 0 aliphatic carbocycles. The molecule has 1 aromatic carbocycles. The van der Waals surface area contributed by atoms with Crippen LogP contribution in [0, 0.1) is 0 Å². The number of quaternary nitrogens is 1. The monoisotopic (exact) mass is 243 g/mol. The van der Waals surface area contributed by atoms with Crippen LogP contribution in [0.1, 0.15) is 37.7 Å². The number of amidine groups is 1. The Morgan fingerprint density at radius 3 is 2.67 bits per heavy atom. The zero-order valence-corrected chi connectivity index (χ0v) is 11.1. The van der Waals surface area contributed by atoms with E-state index in [0.29, 0.717) is 0 Å². The summed E-state index contributed by atoms with van der Waals surface area (Å²) in [6, 6.07) is 11.0. The normalized spacial score (nSPS) is 28.1. The molecular weight excluding hydrogens is 220 g/mol. The minimum absolute atomic E-state index is 1.06. The van der Waals surface area contributed by atoms with Gasteiger partial charge in [-0.25, -0.2) is 4.99 Å². The largest absolute Gasteiger partial charge is 0.275 e. The molecule has 0 amide bonds. The number of rotatable bonds is 2. The van der Waals surface area contributed by atoms with E-state index in [2.05, 4.69) is 30.3 Å². The van der Waals surface area contributed by atoms with Crippen LogP contribution in [0.3, 0.4) is 0 Å². The number of fused-ring (bicyclic) bond motifs is 1. The highest BCUT2D eigenvalue weighted by Crippen LogP contribution is 2.27. The van der Waals surface area contributed by atoms with E-state index in [1.807, 2.05) is 0 Å². The third kappa shape index (κ3) is 2.35. The Hall–Kier alpha value is -1.15. The fourth-order valence-corrected chi connectivity index (χ4v) is 3.47. The molecular formula is C16H23N2+. The average Bonchev–Trinajstić information content (AvgIpc) is 2.62. The van der Waals surface area contributed by atoms with E-state index in [1.54, 1.807) is 0 Å². The highest BCUT2D eigenvalue weighted by molar-refractivity contribution is 5.76. The zero-order chi connectivity index (χ0) is 12.3. The van der Waals surface area contributed by atoms with Crippen LogP contribution in [-0.2, 0) is 6.54 Å². The molecule has 1 fully saturated rings. The Labute approximate surface area is 110 Å². The lowest BCUT2D eigenvalue weighted by atomic mass is 10.1. The predicted octanol–water partition coefficient (Wildman–Crippen LogP) is 3.38. The second-order valence-electron chi connectivity index (χ2n) is 5.70. The molecule has 2 heteroatoms. The molecule has 0 spiro atoms. The Morgan fingerprint density at radius 1 is 0.944 bits per heavy atom. The SMILES string of the molecule is c1ccc(C[N+]23CCCCCC2=NCCC3)cc1. The number of hydrogen-bond donors (Lipinski definition) is 0. The molecule has 0 saturated carbocycles. The van der Waals surface area contributed by atoms with Crippen molar-refractivity contribution in [2.75, 3.05) is 19.6 Å². The van der Waals surface area contributed by atoms with Crippen LogP contribution in [0.5, 0.6) is 0 Å². The smallest absolute Gasteiger partial charge is 0.198 e. The molecule has 2 nitrogen and oxygen atoms in total. The molecule has 0 aromatic heterocycles. The number of hydrogen-bond acceptors (Lipinski definition) is 1. The maximum Gasteiger partial charge on any atom is 0.198 e. The first kappa shape index (κ1) is 11.9. The van der Waals surface area contributed by atoms with Crippen LogP contribution < -0.4 is 0 Å². The summed E-state index contributed by atoms with van der Waals surface area (Å²) in [6.45, 7) is 4.81. The van der Waals surface area contributed by atoms with E-state index in [9.17, 15) is 0 Å². The van der Waals surface area contributed by atoms with Gasteiger partial charge in [0.1, 0.15) is 6.54 Å². The van der Waals surface area contributed by atoms with Crippen molar-refractivity contribution in [3.8, 4) is 0 Å². The highest BCUT2D eigenvalue weighted by Gasteiger charge is 2.37. The summed E-state index contributed by atoms with van der Waals surface area (Å²) in [4.78, 5) is 4.87. The van der Waals surface area contributed by atoms with Crippen molar-refractivity contribution in [1.29, 1.82) is 0 Å². The fraction of sp³-hybridized carbons (Fsp3) is 0.562. The van der Waals surface area contributed by atoms with Gasteiger partial charge in [-0.2, -0.15) is 0 Å². The summed E-state index contributed by atoms with van der Waals surface area (Å²) in [5.74, 6) is 1.49. The zero-order valence-electron chi connectivity index (χ0n) is 11.1. The van der Waals surface area contributed by atoms with E-state index in [0.717, 1.165) is 17.6 Å². The minimum atomic E-state index is 1.06. The van der Waals surface area contributed by atoms with Crippen molar-refractivity contribution in [3.05, 3.63) is 35.9 Å². The lowest BCUT2D eigenvalue weighted by Gasteiger charge is -2.40. The molecule has 2 heterocycles. The van der Waals surface area contributed by atoms with Gasteiger partial charge < -0.3 is 0 Å². The topological polar surface area (TPSA) is 12.4 Å². The number of aliphatic imine (C=N–C) groups is 1. The Bertz CT molecular complexity index is 424. The van der Waals surface area contributed by atoms with Gasteiger partial charge in [0.15, 0.2) is 5.84 Å². The molecule has 0 radical (unpaired) electrons. The van der Waals surface area contributed by atoms with Gasteiger partial charge in [0.25, 0.3) is 0 Å². The number of benzene rings is 1. The third-order valence-electron chi connectivity index (χ3n) is 4.40. The molecule has 0 bridgehead atoms. The molecule has 1 aromatic rings. The summed E-state index contributed by atoms with van der Waals surface area (Å²) < 4.78 is 1.16. The van der Waals surface area contributed by atoms with E-state index in [1.165, 1.54) is 56.6 Å². The first-order valence-electron chi connectivity index (χ1n) is 7.33. The summed E-state index contributed by atoms with van der Waals surface area (Å²) in [7, 11) is 0. The van der Waals surface area contributed by atoms with Crippen molar-refractivity contribution in [2.24, 2.45) is 4.99 Å². The van der Waals surface area contributed by atoms with Crippen molar-refractivity contribution in [3.63, 3.8) is 0 Å². The molecule has 2 aliphatic rings. The first-order valence-corrected chi connectivity index (χ1v) is 7.33. The Morgan fingerprint density at radius 2 is 1.78 bits per heavy atom. The molecule has 1 atom stereocenters. The molecule has 96 valence electrons. The van der Waals surface area contributed by atoms with E-state index < -0.39 is 0 Å². The van der Waals surface area contributed by atoms with Crippen molar-refractivity contribution >= 4 is 5.84 Å². The van der Waals surface area contributed by atoms with Crippen LogP contribution in [0.15, 0.2) is 35.3 Å². The van der Waals surface area contributed by atoms with Gasteiger partial charge >= 0.3 is 0 Å². The first-order chi connectivity index (χ1) is 8.89. The van der Waals surface area contributed by atoms with Gasteiger partial charge in [0, 0.05) is 24.9 Å². The van der Waals surface area contributed by atoms with Gasteiger partial charge in [-0.05, 0) is 19.3 Å². The molecule has 18 heavy (non-hydrogen) atoms. The molecule has 1 unspecified atom stereocenters. The standard InChI is InChI=1S/C16H23N2/c1-3-8-15(9-4-1)14-18-12-6-2-5-10-16(18)17-11-7-13-18/h1,3-4,8-9H,2,5-7,10-14H2/q+1. The maximum atomic E-state index is 4.87. The van der Waals surface area contributed by atoms with Crippen LogP contribution >= 0.6 is 0 Å². The van der Waals surface area contributed by atoms with Crippen LogP contribution in [0.25, 0.3) is 0 Å². The van der Waals surface area contributed by atoms with E-state index >= 15 is 0 Å². The second-order valence-corrected chi connectivity index (χ2v) is 5.70. The summed E-state index contributed by atoms with van der Waals surface area (Å²) in [6.07, 6.45) is 6.58. The summed E-state index contributed by atoms with van der Waals surface area (Å²) in [5.41, 5.74) is 1.47. The van der Waals surface area contributed by atoms with Crippen LogP contribution in [0.2, 0.25) is 0 Å². The van der Waals surface area contributed by atoms with Gasteiger partial charge in [0.05, 0.1) is 13.1 Å². The van der Waals surface area contributed by atoms with Gasteiger partial charge in [0.2, 0.25) is 0 Å². The lowest BCUT2D eigenvalue weighted by molar-refractivity contribution is -0.858. The number of nitrogens with zero attached hydrogens (tertiary/aromatic N) is 2. The summed E-state index contributed by atoms with van der Waals surface area (Å²) >= 11 is 0. The maximum absolute atomic E-state index is 4.87.